The number of hydrogen-bond donors (Lipinski definition) is 2. The van der Waals surface area contributed by atoms with Gasteiger partial charge in [-0.2, -0.15) is 0 Å². The van der Waals surface area contributed by atoms with Crippen LogP contribution in [-0.2, 0) is 6.54 Å². The zero-order valence-corrected chi connectivity index (χ0v) is 9.87. The lowest BCUT2D eigenvalue weighted by Crippen LogP contribution is -2.03. The first kappa shape index (κ1) is 12.3. The van der Waals surface area contributed by atoms with Gasteiger partial charge in [0.1, 0.15) is 11.6 Å². The molecule has 2 aromatic rings. The lowest BCUT2D eigenvalue weighted by atomic mass is 10.2. The van der Waals surface area contributed by atoms with Crippen LogP contribution in [0.2, 0.25) is 0 Å². The maximum absolute atomic E-state index is 13.4. The first-order valence-electron chi connectivity index (χ1n) is 5.49. The van der Waals surface area contributed by atoms with E-state index in [1.165, 1.54) is 12.1 Å². The molecule has 0 amide bonds. The molecule has 18 heavy (non-hydrogen) atoms. The summed E-state index contributed by atoms with van der Waals surface area (Å²) < 4.78 is 26.1. The van der Waals surface area contributed by atoms with Crippen molar-refractivity contribution >= 4 is 11.4 Å². The van der Waals surface area contributed by atoms with Gasteiger partial charge < -0.3 is 10.6 Å². The Bertz CT molecular complexity index is 544. The second-order valence-electron chi connectivity index (χ2n) is 3.80. The fourth-order valence-corrected chi connectivity index (χ4v) is 1.54. The zero-order chi connectivity index (χ0) is 13.0. The van der Waals surface area contributed by atoms with Crippen molar-refractivity contribution in [3.63, 3.8) is 0 Å². The van der Waals surface area contributed by atoms with Crippen LogP contribution in [0.1, 0.15) is 5.56 Å². The van der Waals surface area contributed by atoms with Crippen LogP contribution in [0, 0.1) is 11.6 Å². The third-order valence-corrected chi connectivity index (χ3v) is 2.52. The standard InChI is InChI=1S/C13H13F2N3/c1-16-11-5-12(8-17-7-11)18-6-9-2-3-10(14)4-13(9)15/h2-5,7-8,16,18H,6H2,1H3. The van der Waals surface area contributed by atoms with E-state index in [2.05, 4.69) is 15.6 Å². The maximum atomic E-state index is 13.4. The fourth-order valence-electron chi connectivity index (χ4n) is 1.54. The van der Waals surface area contributed by atoms with Gasteiger partial charge in [-0.15, -0.1) is 0 Å². The van der Waals surface area contributed by atoms with E-state index in [1.54, 1.807) is 19.4 Å². The summed E-state index contributed by atoms with van der Waals surface area (Å²) in [7, 11) is 1.79. The van der Waals surface area contributed by atoms with Gasteiger partial charge >= 0.3 is 0 Å². The summed E-state index contributed by atoms with van der Waals surface area (Å²) in [5.41, 5.74) is 2.04. The molecular formula is C13H13F2N3. The van der Waals surface area contributed by atoms with Gasteiger partial charge in [-0.1, -0.05) is 6.07 Å². The van der Waals surface area contributed by atoms with Gasteiger partial charge in [-0.25, -0.2) is 8.78 Å². The largest absolute Gasteiger partial charge is 0.387 e. The van der Waals surface area contributed by atoms with Crippen LogP contribution in [0.15, 0.2) is 36.7 Å². The summed E-state index contributed by atoms with van der Waals surface area (Å²) in [6.45, 7) is 0.279. The molecule has 0 saturated heterocycles. The molecule has 2 N–H and O–H groups in total. The molecule has 1 aromatic heterocycles. The molecule has 0 unspecified atom stereocenters. The number of aromatic nitrogens is 1. The summed E-state index contributed by atoms with van der Waals surface area (Å²) >= 11 is 0. The van der Waals surface area contributed by atoms with E-state index in [0.717, 1.165) is 17.4 Å². The van der Waals surface area contributed by atoms with Crippen molar-refractivity contribution in [2.75, 3.05) is 17.7 Å². The van der Waals surface area contributed by atoms with Crippen LogP contribution in [0.4, 0.5) is 20.2 Å². The van der Waals surface area contributed by atoms with Crippen molar-refractivity contribution < 1.29 is 8.78 Å². The van der Waals surface area contributed by atoms with E-state index in [-0.39, 0.29) is 6.54 Å². The zero-order valence-electron chi connectivity index (χ0n) is 9.87. The molecule has 0 aliphatic carbocycles. The highest BCUT2D eigenvalue weighted by molar-refractivity contribution is 5.53. The normalized spacial score (nSPS) is 10.2. The molecule has 1 heterocycles. The number of anilines is 2. The van der Waals surface area contributed by atoms with E-state index in [1.807, 2.05) is 6.07 Å². The predicted molar refractivity (Wildman–Crippen MR) is 67.5 cm³/mol. The molecule has 0 aliphatic rings. The van der Waals surface area contributed by atoms with Crippen molar-refractivity contribution in [3.8, 4) is 0 Å². The minimum absolute atomic E-state index is 0.279. The monoisotopic (exact) mass is 249 g/mol. The lowest BCUT2D eigenvalue weighted by molar-refractivity contribution is 0.574. The molecular weight excluding hydrogens is 236 g/mol. The Morgan fingerprint density at radius 1 is 1.11 bits per heavy atom. The minimum atomic E-state index is -0.574. The number of hydrogen-bond acceptors (Lipinski definition) is 3. The Morgan fingerprint density at radius 3 is 2.61 bits per heavy atom. The molecule has 0 aliphatic heterocycles. The van der Waals surface area contributed by atoms with E-state index in [0.29, 0.717) is 5.56 Å². The topological polar surface area (TPSA) is 37.0 Å². The second kappa shape index (κ2) is 5.44. The molecule has 0 spiro atoms. The van der Waals surface area contributed by atoms with E-state index >= 15 is 0 Å². The molecule has 0 fully saturated rings. The van der Waals surface area contributed by atoms with Gasteiger partial charge in [0.05, 0.1) is 23.8 Å². The smallest absolute Gasteiger partial charge is 0.131 e. The first-order chi connectivity index (χ1) is 8.69. The lowest BCUT2D eigenvalue weighted by Gasteiger charge is -2.08. The average Bonchev–Trinajstić information content (AvgIpc) is 2.38. The summed E-state index contributed by atoms with van der Waals surface area (Å²) in [5.74, 6) is -1.13. The van der Waals surface area contributed by atoms with Crippen molar-refractivity contribution in [3.05, 3.63) is 53.9 Å². The van der Waals surface area contributed by atoms with Gasteiger partial charge in [0.25, 0.3) is 0 Å². The predicted octanol–water partition coefficient (Wildman–Crippen LogP) is 3.01. The van der Waals surface area contributed by atoms with E-state index in [4.69, 9.17) is 0 Å². The highest BCUT2D eigenvalue weighted by atomic mass is 19.1. The summed E-state index contributed by atoms with van der Waals surface area (Å²) in [5, 5.41) is 5.99. The van der Waals surface area contributed by atoms with Crippen LogP contribution in [0.5, 0.6) is 0 Å². The average molecular weight is 249 g/mol. The molecule has 2 rings (SSSR count). The Labute approximate surface area is 104 Å². The molecule has 0 atom stereocenters. The van der Waals surface area contributed by atoms with Crippen molar-refractivity contribution in [2.45, 2.75) is 6.54 Å². The number of pyridine rings is 1. The Hall–Kier alpha value is -2.17. The summed E-state index contributed by atoms with van der Waals surface area (Å²) in [6.07, 6.45) is 3.33. The highest BCUT2D eigenvalue weighted by Gasteiger charge is 2.03. The van der Waals surface area contributed by atoms with Crippen LogP contribution < -0.4 is 10.6 Å². The SMILES string of the molecule is CNc1cncc(NCc2ccc(F)cc2F)c1. The molecule has 94 valence electrons. The first-order valence-corrected chi connectivity index (χ1v) is 5.49. The van der Waals surface area contributed by atoms with Gasteiger partial charge in [0.15, 0.2) is 0 Å². The van der Waals surface area contributed by atoms with Crippen molar-refractivity contribution in [2.24, 2.45) is 0 Å². The molecule has 0 bridgehead atoms. The quantitative estimate of drug-likeness (QED) is 0.874. The number of nitrogens with zero attached hydrogens (tertiary/aromatic N) is 1. The number of benzene rings is 1. The second-order valence-corrected chi connectivity index (χ2v) is 3.80. The molecule has 0 saturated carbocycles. The van der Waals surface area contributed by atoms with Gasteiger partial charge in [0, 0.05) is 25.2 Å². The van der Waals surface area contributed by atoms with Crippen molar-refractivity contribution in [1.29, 1.82) is 0 Å². The van der Waals surface area contributed by atoms with E-state index in [9.17, 15) is 8.78 Å². The minimum Gasteiger partial charge on any atom is -0.387 e. The molecule has 1 aromatic carbocycles. The number of rotatable bonds is 4. The third-order valence-electron chi connectivity index (χ3n) is 2.52. The summed E-state index contributed by atoms with van der Waals surface area (Å²) in [4.78, 5) is 4.03. The van der Waals surface area contributed by atoms with Crippen molar-refractivity contribution in [1.82, 2.24) is 4.98 Å². The third kappa shape index (κ3) is 2.94. The maximum Gasteiger partial charge on any atom is 0.131 e. The molecule has 5 heteroatoms. The molecule has 3 nitrogen and oxygen atoms in total. The highest BCUT2D eigenvalue weighted by Crippen LogP contribution is 2.15. The summed E-state index contributed by atoms with van der Waals surface area (Å²) in [6, 6.07) is 5.39. The Balaban J connectivity index is 2.06. The van der Waals surface area contributed by atoms with Gasteiger partial charge in [0.2, 0.25) is 0 Å². The van der Waals surface area contributed by atoms with Gasteiger partial charge in [-0.3, -0.25) is 4.98 Å². The van der Waals surface area contributed by atoms with Crippen LogP contribution in [0.3, 0.4) is 0 Å². The molecule has 0 radical (unpaired) electrons. The number of nitrogens with one attached hydrogen (secondary N) is 2. The fraction of sp³-hybridized carbons (Fsp3) is 0.154. The van der Waals surface area contributed by atoms with Gasteiger partial charge in [-0.05, 0) is 12.1 Å². The number of halogens is 2. The van der Waals surface area contributed by atoms with Crippen LogP contribution >= 0.6 is 0 Å². The Kier molecular flexibility index (Phi) is 3.72. The van der Waals surface area contributed by atoms with E-state index < -0.39 is 11.6 Å². The van der Waals surface area contributed by atoms with Crippen LogP contribution in [0.25, 0.3) is 0 Å². The van der Waals surface area contributed by atoms with Crippen LogP contribution in [-0.4, -0.2) is 12.0 Å². The Morgan fingerprint density at radius 2 is 1.89 bits per heavy atom.